The lowest BCUT2D eigenvalue weighted by Crippen LogP contribution is -2.15. The molecular weight excluding hydrogens is 390 g/mol. The highest BCUT2D eigenvalue weighted by atomic mass is 32.1. The van der Waals surface area contributed by atoms with Gasteiger partial charge in [0.2, 0.25) is 0 Å². The van der Waals surface area contributed by atoms with Gasteiger partial charge in [0.1, 0.15) is 10.7 Å². The monoisotopic (exact) mass is 413 g/mol. The maximum absolute atomic E-state index is 12.5. The summed E-state index contributed by atoms with van der Waals surface area (Å²) in [6.45, 7) is 3.87. The van der Waals surface area contributed by atoms with E-state index in [4.69, 9.17) is 4.74 Å². The largest absolute Gasteiger partial charge is 0.477 e. The van der Waals surface area contributed by atoms with E-state index in [0.29, 0.717) is 16.1 Å². The first-order chi connectivity index (χ1) is 13.9. The van der Waals surface area contributed by atoms with Crippen molar-refractivity contribution in [3.05, 3.63) is 63.2 Å². The number of hydrogen-bond acceptors (Lipinski definition) is 6. The number of rotatable bonds is 7. The maximum Gasteiger partial charge on any atom is 0.352 e. The smallest absolute Gasteiger partial charge is 0.352 e. The number of carboxylic acid groups (broad SMARTS) is 1. The van der Waals surface area contributed by atoms with Crippen LogP contribution in [0.5, 0.6) is 0 Å². The van der Waals surface area contributed by atoms with E-state index < -0.39 is 17.7 Å². The highest BCUT2D eigenvalue weighted by Gasteiger charge is 2.27. The summed E-state index contributed by atoms with van der Waals surface area (Å²) in [5.74, 6) is -2.16. The zero-order chi connectivity index (χ0) is 21.0. The van der Waals surface area contributed by atoms with Crippen LogP contribution in [0.4, 0.5) is 5.00 Å². The van der Waals surface area contributed by atoms with E-state index in [9.17, 15) is 19.5 Å². The standard InChI is InChI=1S/C22H23NO5S/c1-3-28-22(27)19-15-6-4-5-7-18(15)29-20(19)23-16(21(25)26)12-17(24)14-10-8-13(2)9-11-14/h8-12,23H,3-7H2,1-2H3,(H,25,26)/b16-12-. The van der Waals surface area contributed by atoms with Gasteiger partial charge in [-0.25, -0.2) is 9.59 Å². The Balaban J connectivity index is 1.95. The van der Waals surface area contributed by atoms with Crippen LogP contribution in [0.3, 0.4) is 0 Å². The Morgan fingerprint density at radius 2 is 1.86 bits per heavy atom. The molecule has 0 saturated carbocycles. The number of benzene rings is 1. The molecule has 0 saturated heterocycles. The van der Waals surface area contributed by atoms with Gasteiger partial charge in [0.15, 0.2) is 5.78 Å². The molecule has 2 aromatic rings. The minimum Gasteiger partial charge on any atom is -0.477 e. The second kappa shape index (κ2) is 9.05. The Hall–Kier alpha value is -2.93. The number of nitrogens with one attached hydrogen (secondary N) is 1. The summed E-state index contributed by atoms with van der Waals surface area (Å²) in [5, 5.41) is 12.8. The van der Waals surface area contributed by atoms with Crippen molar-refractivity contribution >= 4 is 34.1 Å². The van der Waals surface area contributed by atoms with Crippen molar-refractivity contribution in [1.29, 1.82) is 0 Å². The Bertz CT molecular complexity index is 972. The van der Waals surface area contributed by atoms with E-state index in [1.54, 1.807) is 31.2 Å². The predicted molar refractivity (Wildman–Crippen MR) is 112 cm³/mol. The summed E-state index contributed by atoms with van der Waals surface area (Å²) in [4.78, 5) is 37.9. The number of esters is 1. The second-order valence-corrected chi connectivity index (χ2v) is 7.96. The zero-order valence-corrected chi connectivity index (χ0v) is 17.2. The molecule has 1 aliphatic carbocycles. The molecule has 0 unspecified atom stereocenters. The minimum absolute atomic E-state index is 0.233. The molecule has 0 spiro atoms. The normalized spacial score (nSPS) is 13.5. The van der Waals surface area contributed by atoms with Crippen LogP contribution in [0.15, 0.2) is 36.0 Å². The Kier molecular flexibility index (Phi) is 6.49. The molecule has 1 aromatic carbocycles. The van der Waals surface area contributed by atoms with Crippen LogP contribution in [0.2, 0.25) is 0 Å². The number of carbonyl (C=O) groups is 3. The van der Waals surface area contributed by atoms with Crippen LogP contribution in [-0.4, -0.2) is 29.4 Å². The average molecular weight is 413 g/mol. The number of aryl methyl sites for hydroxylation is 2. The van der Waals surface area contributed by atoms with E-state index in [2.05, 4.69) is 5.32 Å². The van der Waals surface area contributed by atoms with Crippen molar-refractivity contribution in [2.45, 2.75) is 39.5 Å². The molecule has 1 aromatic heterocycles. The first kappa shape index (κ1) is 20.8. The molecule has 1 aliphatic rings. The van der Waals surface area contributed by atoms with Crippen LogP contribution in [0.1, 0.15) is 56.5 Å². The number of anilines is 1. The van der Waals surface area contributed by atoms with E-state index in [1.165, 1.54) is 11.3 Å². The highest BCUT2D eigenvalue weighted by Crippen LogP contribution is 2.39. The SMILES string of the molecule is CCOC(=O)c1c(N/C(=C\C(=O)c2ccc(C)cc2)C(=O)O)sc2c1CCCC2. The molecule has 29 heavy (non-hydrogen) atoms. The van der Waals surface area contributed by atoms with Gasteiger partial charge in [0, 0.05) is 16.5 Å². The number of hydrogen-bond donors (Lipinski definition) is 2. The lowest BCUT2D eigenvalue weighted by atomic mass is 9.95. The number of ether oxygens (including phenoxy) is 1. The first-order valence-corrected chi connectivity index (χ1v) is 10.4. The Labute approximate surface area is 173 Å². The van der Waals surface area contributed by atoms with Crippen LogP contribution in [-0.2, 0) is 22.4 Å². The highest BCUT2D eigenvalue weighted by molar-refractivity contribution is 7.16. The first-order valence-electron chi connectivity index (χ1n) is 9.55. The molecule has 7 heteroatoms. The van der Waals surface area contributed by atoms with Gasteiger partial charge in [0.25, 0.3) is 0 Å². The van der Waals surface area contributed by atoms with Crippen molar-refractivity contribution in [2.24, 2.45) is 0 Å². The average Bonchev–Trinajstić information content (AvgIpc) is 3.06. The van der Waals surface area contributed by atoms with Gasteiger partial charge in [-0.1, -0.05) is 29.8 Å². The van der Waals surface area contributed by atoms with E-state index in [0.717, 1.165) is 47.8 Å². The van der Waals surface area contributed by atoms with Crippen LogP contribution < -0.4 is 5.32 Å². The molecule has 0 bridgehead atoms. The lowest BCUT2D eigenvalue weighted by molar-refractivity contribution is -0.132. The zero-order valence-electron chi connectivity index (χ0n) is 16.4. The molecule has 152 valence electrons. The van der Waals surface area contributed by atoms with Gasteiger partial charge in [-0.05, 0) is 45.1 Å². The van der Waals surface area contributed by atoms with Crippen molar-refractivity contribution < 1.29 is 24.2 Å². The summed E-state index contributed by atoms with van der Waals surface area (Å²) in [6, 6.07) is 6.89. The molecule has 0 radical (unpaired) electrons. The lowest BCUT2D eigenvalue weighted by Gasteiger charge is -2.12. The molecular formula is C22H23NO5S. The third-order valence-electron chi connectivity index (χ3n) is 4.74. The molecule has 6 nitrogen and oxygen atoms in total. The van der Waals surface area contributed by atoms with Crippen LogP contribution in [0.25, 0.3) is 0 Å². The van der Waals surface area contributed by atoms with Gasteiger partial charge in [-0.15, -0.1) is 11.3 Å². The summed E-state index contributed by atoms with van der Waals surface area (Å²) in [7, 11) is 0. The number of carboxylic acids is 1. The van der Waals surface area contributed by atoms with Crippen LogP contribution >= 0.6 is 11.3 Å². The number of allylic oxidation sites excluding steroid dienone is 1. The van der Waals surface area contributed by atoms with Gasteiger partial charge >= 0.3 is 11.9 Å². The fraction of sp³-hybridized carbons (Fsp3) is 0.318. The molecule has 0 fully saturated rings. The van der Waals surface area contributed by atoms with Crippen molar-refractivity contribution in [2.75, 3.05) is 11.9 Å². The predicted octanol–water partition coefficient (Wildman–Crippen LogP) is 4.38. The molecule has 0 amide bonds. The maximum atomic E-state index is 12.5. The third-order valence-corrected chi connectivity index (χ3v) is 5.95. The number of carbonyl (C=O) groups excluding carboxylic acids is 2. The van der Waals surface area contributed by atoms with Gasteiger partial charge in [0.05, 0.1) is 12.2 Å². The van der Waals surface area contributed by atoms with Crippen molar-refractivity contribution in [3.8, 4) is 0 Å². The summed E-state index contributed by atoms with van der Waals surface area (Å²) >= 11 is 1.36. The minimum atomic E-state index is -1.27. The summed E-state index contributed by atoms with van der Waals surface area (Å²) < 4.78 is 5.19. The number of fused-ring (bicyclic) bond motifs is 1. The Morgan fingerprint density at radius 3 is 2.52 bits per heavy atom. The molecule has 1 heterocycles. The second-order valence-electron chi connectivity index (χ2n) is 6.85. The number of thiophene rings is 1. The van der Waals surface area contributed by atoms with E-state index >= 15 is 0 Å². The quantitative estimate of drug-likeness (QED) is 0.398. The summed E-state index contributed by atoms with van der Waals surface area (Å²) in [6.07, 6.45) is 4.67. The topological polar surface area (TPSA) is 92.7 Å². The molecule has 3 rings (SSSR count). The van der Waals surface area contributed by atoms with Crippen molar-refractivity contribution in [3.63, 3.8) is 0 Å². The molecule has 0 aliphatic heterocycles. The number of ketones is 1. The number of aliphatic carboxylic acids is 1. The van der Waals surface area contributed by atoms with Crippen LogP contribution in [0, 0.1) is 6.92 Å². The van der Waals surface area contributed by atoms with Gasteiger partial charge in [-0.2, -0.15) is 0 Å². The van der Waals surface area contributed by atoms with E-state index in [1.807, 2.05) is 6.92 Å². The Morgan fingerprint density at radius 1 is 1.17 bits per heavy atom. The van der Waals surface area contributed by atoms with Gasteiger partial charge in [-0.3, -0.25) is 4.79 Å². The fourth-order valence-electron chi connectivity index (χ4n) is 3.28. The fourth-order valence-corrected chi connectivity index (χ4v) is 4.57. The third kappa shape index (κ3) is 4.74. The van der Waals surface area contributed by atoms with Crippen molar-refractivity contribution in [1.82, 2.24) is 0 Å². The van der Waals surface area contributed by atoms with E-state index in [-0.39, 0.29) is 12.3 Å². The molecule has 2 N–H and O–H groups in total. The van der Waals surface area contributed by atoms with Gasteiger partial charge < -0.3 is 15.2 Å². The molecule has 0 atom stereocenters. The summed E-state index contributed by atoms with van der Waals surface area (Å²) in [5.41, 5.74) is 2.44.